The number of aromatic carboxylic acids is 1. The lowest BCUT2D eigenvalue weighted by molar-refractivity contribution is 0.0690. The van der Waals surface area contributed by atoms with Gasteiger partial charge in [0.05, 0.1) is 11.4 Å². The van der Waals surface area contributed by atoms with E-state index in [2.05, 4.69) is 15.3 Å². The van der Waals surface area contributed by atoms with Crippen molar-refractivity contribution in [2.75, 3.05) is 11.1 Å². The van der Waals surface area contributed by atoms with E-state index >= 15 is 0 Å². The highest BCUT2D eigenvalue weighted by Crippen LogP contribution is 2.23. The summed E-state index contributed by atoms with van der Waals surface area (Å²) in [4.78, 5) is 18.9. The van der Waals surface area contributed by atoms with Crippen molar-refractivity contribution in [2.45, 2.75) is 6.92 Å². The topological polar surface area (TPSA) is 101 Å². The number of thiazole rings is 1. The van der Waals surface area contributed by atoms with Gasteiger partial charge in [-0.3, -0.25) is 0 Å². The minimum atomic E-state index is -1.09. The molecular weight excluding hydrogens is 240 g/mol. The molecule has 0 bridgehead atoms. The number of rotatable bonds is 3. The molecule has 88 valence electrons. The van der Waals surface area contributed by atoms with Gasteiger partial charge in [-0.05, 0) is 19.1 Å². The summed E-state index contributed by atoms with van der Waals surface area (Å²) in [6.45, 7) is 1.87. The minimum absolute atomic E-state index is 0.0602. The van der Waals surface area contributed by atoms with Gasteiger partial charge in [-0.1, -0.05) is 0 Å². The Bertz CT molecular complexity index is 567. The number of pyridine rings is 1. The second kappa shape index (κ2) is 4.38. The zero-order valence-corrected chi connectivity index (χ0v) is 9.78. The number of hydrogen-bond donors (Lipinski definition) is 3. The van der Waals surface area contributed by atoms with Crippen molar-refractivity contribution < 1.29 is 9.90 Å². The van der Waals surface area contributed by atoms with E-state index in [9.17, 15) is 4.79 Å². The van der Waals surface area contributed by atoms with Crippen LogP contribution in [0.3, 0.4) is 0 Å². The molecule has 0 aliphatic carbocycles. The van der Waals surface area contributed by atoms with E-state index in [0.717, 1.165) is 5.69 Å². The molecule has 0 spiro atoms. The molecule has 0 fully saturated rings. The third-order valence-electron chi connectivity index (χ3n) is 1.99. The highest BCUT2D eigenvalue weighted by Gasteiger charge is 2.09. The Hall–Kier alpha value is -2.15. The number of carbonyl (C=O) groups is 1. The molecule has 2 aromatic rings. The largest absolute Gasteiger partial charge is 0.477 e. The summed E-state index contributed by atoms with van der Waals surface area (Å²) in [5.41, 5.74) is 6.90. The van der Waals surface area contributed by atoms with E-state index in [1.807, 2.05) is 12.3 Å². The van der Waals surface area contributed by atoms with Crippen molar-refractivity contribution in [3.05, 3.63) is 28.9 Å². The maximum Gasteiger partial charge on any atom is 0.354 e. The van der Waals surface area contributed by atoms with Crippen LogP contribution in [0.1, 0.15) is 16.2 Å². The molecule has 6 nitrogen and oxygen atoms in total. The fourth-order valence-corrected chi connectivity index (χ4v) is 1.89. The number of nitrogens with zero attached hydrogens (tertiary/aromatic N) is 2. The van der Waals surface area contributed by atoms with Crippen LogP contribution in [0.5, 0.6) is 0 Å². The van der Waals surface area contributed by atoms with Crippen molar-refractivity contribution in [2.24, 2.45) is 0 Å². The van der Waals surface area contributed by atoms with Crippen molar-refractivity contribution >= 4 is 33.9 Å². The molecule has 17 heavy (non-hydrogen) atoms. The number of anilines is 3. The molecule has 0 radical (unpaired) electrons. The first-order valence-corrected chi connectivity index (χ1v) is 5.63. The first kappa shape index (κ1) is 11.3. The lowest BCUT2D eigenvalue weighted by Gasteiger charge is -2.05. The molecule has 0 amide bonds. The van der Waals surface area contributed by atoms with Crippen LogP contribution in [0.15, 0.2) is 17.5 Å². The molecule has 0 saturated heterocycles. The number of hydrogen-bond acceptors (Lipinski definition) is 6. The monoisotopic (exact) mass is 250 g/mol. The number of carboxylic acids is 1. The van der Waals surface area contributed by atoms with E-state index < -0.39 is 5.97 Å². The van der Waals surface area contributed by atoms with Crippen LogP contribution in [0.4, 0.5) is 16.6 Å². The van der Waals surface area contributed by atoms with Crippen LogP contribution in [0.2, 0.25) is 0 Å². The Labute approximate surface area is 101 Å². The van der Waals surface area contributed by atoms with Crippen molar-refractivity contribution in [3.63, 3.8) is 0 Å². The SMILES string of the molecule is Cc1csc(Nc2nc(C(=O)O)ccc2N)n1. The van der Waals surface area contributed by atoms with Gasteiger partial charge in [0.25, 0.3) is 0 Å². The quantitative estimate of drug-likeness (QED) is 0.768. The molecule has 0 atom stereocenters. The summed E-state index contributed by atoms with van der Waals surface area (Å²) in [7, 11) is 0. The maximum atomic E-state index is 10.8. The van der Waals surface area contributed by atoms with E-state index in [1.54, 1.807) is 0 Å². The van der Waals surface area contributed by atoms with Crippen LogP contribution < -0.4 is 11.1 Å². The summed E-state index contributed by atoms with van der Waals surface area (Å²) in [5, 5.41) is 14.2. The smallest absolute Gasteiger partial charge is 0.354 e. The van der Waals surface area contributed by atoms with Crippen LogP contribution >= 0.6 is 11.3 Å². The predicted molar refractivity (Wildman–Crippen MR) is 65.7 cm³/mol. The van der Waals surface area contributed by atoms with Gasteiger partial charge in [0.15, 0.2) is 16.6 Å². The van der Waals surface area contributed by atoms with Gasteiger partial charge in [0.2, 0.25) is 0 Å². The molecule has 2 aromatic heterocycles. The van der Waals surface area contributed by atoms with Gasteiger partial charge in [-0.2, -0.15) is 0 Å². The van der Waals surface area contributed by atoms with Gasteiger partial charge in [-0.15, -0.1) is 11.3 Å². The fraction of sp³-hybridized carbons (Fsp3) is 0.100. The highest BCUT2D eigenvalue weighted by molar-refractivity contribution is 7.13. The number of aryl methyl sites for hydroxylation is 1. The molecule has 0 saturated carbocycles. The van der Waals surface area contributed by atoms with Crippen molar-refractivity contribution in [1.82, 2.24) is 9.97 Å². The molecule has 7 heteroatoms. The van der Waals surface area contributed by atoms with Gasteiger partial charge in [-0.25, -0.2) is 14.8 Å². The van der Waals surface area contributed by atoms with Crippen LogP contribution in [-0.2, 0) is 0 Å². The van der Waals surface area contributed by atoms with E-state index in [-0.39, 0.29) is 5.69 Å². The van der Waals surface area contributed by atoms with E-state index in [1.165, 1.54) is 23.5 Å². The molecule has 0 aliphatic rings. The van der Waals surface area contributed by atoms with E-state index in [4.69, 9.17) is 10.8 Å². The Morgan fingerprint density at radius 3 is 2.82 bits per heavy atom. The third-order valence-corrected chi connectivity index (χ3v) is 2.87. The summed E-state index contributed by atoms with van der Waals surface area (Å²) >= 11 is 1.40. The number of nitrogens with one attached hydrogen (secondary N) is 1. The molecule has 0 aromatic carbocycles. The standard InChI is InChI=1S/C10H10N4O2S/c1-5-4-17-10(12-5)14-8-6(11)2-3-7(13-8)9(15)16/h2-4H,11H2,1H3,(H,15,16)(H,12,13,14). The Kier molecular flexibility index (Phi) is 2.92. The van der Waals surface area contributed by atoms with Crippen molar-refractivity contribution in [1.29, 1.82) is 0 Å². The molecule has 0 aliphatic heterocycles. The number of aromatic nitrogens is 2. The summed E-state index contributed by atoms with van der Waals surface area (Å²) in [5.74, 6) is -0.789. The van der Waals surface area contributed by atoms with E-state index in [0.29, 0.717) is 16.6 Å². The average molecular weight is 250 g/mol. The Morgan fingerprint density at radius 1 is 1.47 bits per heavy atom. The van der Waals surface area contributed by atoms with Crippen molar-refractivity contribution in [3.8, 4) is 0 Å². The average Bonchev–Trinajstić information content (AvgIpc) is 2.67. The first-order valence-electron chi connectivity index (χ1n) is 4.75. The number of nitrogens with two attached hydrogens (primary N) is 1. The van der Waals surface area contributed by atoms with Crippen LogP contribution in [-0.4, -0.2) is 21.0 Å². The van der Waals surface area contributed by atoms with Gasteiger partial charge in [0, 0.05) is 5.38 Å². The fourth-order valence-electron chi connectivity index (χ4n) is 1.20. The molecule has 0 unspecified atom stereocenters. The zero-order chi connectivity index (χ0) is 12.4. The second-order valence-electron chi connectivity index (χ2n) is 3.36. The molecule has 4 N–H and O–H groups in total. The predicted octanol–water partition coefficient (Wildman–Crippen LogP) is 1.87. The van der Waals surface area contributed by atoms with Gasteiger partial charge in [0.1, 0.15) is 0 Å². The summed E-state index contributed by atoms with van der Waals surface area (Å²) < 4.78 is 0. The molecule has 2 rings (SSSR count). The molecular formula is C10H10N4O2S. The van der Waals surface area contributed by atoms with Gasteiger partial charge >= 0.3 is 5.97 Å². The number of carboxylic acid groups (broad SMARTS) is 1. The zero-order valence-electron chi connectivity index (χ0n) is 8.97. The summed E-state index contributed by atoms with van der Waals surface area (Å²) in [6, 6.07) is 2.86. The maximum absolute atomic E-state index is 10.8. The van der Waals surface area contributed by atoms with Crippen LogP contribution in [0, 0.1) is 6.92 Å². The van der Waals surface area contributed by atoms with Gasteiger partial charge < -0.3 is 16.2 Å². The summed E-state index contributed by atoms with van der Waals surface area (Å²) in [6.07, 6.45) is 0. The second-order valence-corrected chi connectivity index (χ2v) is 4.22. The minimum Gasteiger partial charge on any atom is -0.477 e. The van der Waals surface area contributed by atoms with Crippen LogP contribution in [0.25, 0.3) is 0 Å². The normalized spacial score (nSPS) is 10.2. The third kappa shape index (κ3) is 2.51. The number of nitrogen functional groups attached to an aromatic ring is 1. The lowest BCUT2D eigenvalue weighted by atomic mass is 10.3. The lowest BCUT2D eigenvalue weighted by Crippen LogP contribution is -2.05. The first-order chi connectivity index (χ1) is 8.06. The Morgan fingerprint density at radius 2 is 2.24 bits per heavy atom. The highest BCUT2D eigenvalue weighted by atomic mass is 32.1. The molecule has 2 heterocycles. The Balaban J connectivity index is 2.31.